The second-order valence-corrected chi connectivity index (χ2v) is 4.21. The van der Waals surface area contributed by atoms with Crippen molar-refractivity contribution in [3.63, 3.8) is 0 Å². The molecule has 0 bridgehead atoms. The van der Waals surface area contributed by atoms with Gasteiger partial charge in [0.2, 0.25) is 0 Å². The predicted octanol–water partition coefficient (Wildman–Crippen LogP) is 5.06. The highest BCUT2D eigenvalue weighted by molar-refractivity contribution is 14.1. The van der Waals surface area contributed by atoms with Crippen molar-refractivity contribution in [3.05, 3.63) is 53.3 Å². The summed E-state index contributed by atoms with van der Waals surface area (Å²) in [5.74, 6) is 0.915. The molecule has 86 valence electrons. The lowest BCUT2D eigenvalue weighted by molar-refractivity contribution is 0.565. The fraction of sp³-hybridized carbons (Fsp3) is 0.286. The average molecular weight is 328 g/mol. The van der Waals surface area contributed by atoms with Crippen LogP contribution in [0.3, 0.4) is 0 Å². The predicted molar refractivity (Wildman–Crippen MR) is 78.3 cm³/mol. The van der Waals surface area contributed by atoms with Crippen LogP contribution in [-0.2, 0) is 3.07 Å². The Morgan fingerprint density at radius 3 is 2.38 bits per heavy atom. The Hall–Kier alpha value is -0.770. The van der Waals surface area contributed by atoms with E-state index in [0.717, 1.165) is 12.2 Å². The van der Waals surface area contributed by atoms with Crippen molar-refractivity contribution in [2.24, 2.45) is 0 Å². The van der Waals surface area contributed by atoms with E-state index in [-0.39, 0.29) is 0 Å². The average Bonchev–Trinajstić information content (AvgIpc) is 2.31. The Morgan fingerprint density at radius 2 is 1.88 bits per heavy atom. The molecule has 0 saturated carbocycles. The molecular weight excluding hydrogens is 311 g/mol. The summed E-state index contributed by atoms with van der Waals surface area (Å²) in [6.45, 7) is 6.22. The van der Waals surface area contributed by atoms with Gasteiger partial charge in [0.1, 0.15) is 5.76 Å². The number of halogens is 1. The van der Waals surface area contributed by atoms with Crippen molar-refractivity contribution >= 4 is 28.6 Å². The van der Waals surface area contributed by atoms with E-state index in [1.807, 2.05) is 36.0 Å². The number of allylic oxidation sites excluding steroid dienone is 4. The van der Waals surface area contributed by atoms with Gasteiger partial charge in [0.15, 0.2) is 23.0 Å². The molecule has 0 aliphatic heterocycles. The lowest BCUT2D eigenvalue weighted by Gasteiger charge is -2.04. The van der Waals surface area contributed by atoms with Gasteiger partial charge in [-0.05, 0) is 37.5 Å². The number of benzene rings is 1. The second-order valence-electron chi connectivity index (χ2n) is 3.77. The van der Waals surface area contributed by atoms with Crippen LogP contribution in [-0.4, -0.2) is 0 Å². The molecule has 0 aromatic heterocycles. The van der Waals surface area contributed by atoms with Gasteiger partial charge in [-0.1, -0.05) is 42.8 Å². The first kappa shape index (κ1) is 13.3. The van der Waals surface area contributed by atoms with Gasteiger partial charge in [-0.15, -0.1) is 0 Å². The van der Waals surface area contributed by atoms with E-state index in [9.17, 15) is 0 Å². The Balaban J connectivity index is 2.94. The van der Waals surface area contributed by atoms with Gasteiger partial charge in [0, 0.05) is 0 Å². The van der Waals surface area contributed by atoms with Crippen molar-refractivity contribution in [3.8, 4) is 0 Å². The summed E-state index contributed by atoms with van der Waals surface area (Å²) in [6, 6.07) is 8.62. The molecule has 0 radical (unpaired) electrons. The van der Waals surface area contributed by atoms with E-state index < -0.39 is 0 Å². The first-order valence-corrected chi connectivity index (χ1v) is 6.28. The monoisotopic (exact) mass is 328 g/mol. The highest BCUT2D eigenvalue weighted by atomic mass is 127. The molecule has 1 rings (SSSR count). The van der Waals surface area contributed by atoms with Crippen LogP contribution in [0.2, 0.25) is 0 Å². The van der Waals surface area contributed by atoms with Gasteiger partial charge in [-0.3, -0.25) is 0 Å². The summed E-state index contributed by atoms with van der Waals surface area (Å²) in [5.41, 5.74) is 3.90. The van der Waals surface area contributed by atoms with Gasteiger partial charge < -0.3 is 3.07 Å². The van der Waals surface area contributed by atoms with Crippen LogP contribution < -0.4 is 0 Å². The van der Waals surface area contributed by atoms with Gasteiger partial charge in [-0.2, -0.15) is 0 Å². The zero-order valence-corrected chi connectivity index (χ0v) is 12.1. The molecule has 1 aromatic rings. The van der Waals surface area contributed by atoms with Gasteiger partial charge in [0.25, 0.3) is 0 Å². The third kappa shape index (κ3) is 4.00. The highest BCUT2D eigenvalue weighted by Gasteiger charge is 1.97. The SMILES string of the molecule is CC/C(=C\C=C(/C)OI)c1ccc(C)cc1. The zero-order chi connectivity index (χ0) is 12.0. The molecule has 0 N–H and O–H groups in total. The maximum absolute atomic E-state index is 5.09. The van der Waals surface area contributed by atoms with Crippen LogP contribution in [0.5, 0.6) is 0 Å². The molecule has 1 aromatic carbocycles. The van der Waals surface area contributed by atoms with E-state index in [2.05, 4.69) is 44.2 Å². The number of hydrogen-bond donors (Lipinski definition) is 0. The number of hydrogen-bond acceptors (Lipinski definition) is 1. The molecule has 0 unspecified atom stereocenters. The number of rotatable bonds is 4. The Kier molecular flexibility index (Phi) is 5.60. The third-order valence-corrected chi connectivity index (χ3v) is 3.14. The van der Waals surface area contributed by atoms with E-state index in [4.69, 9.17) is 3.07 Å². The van der Waals surface area contributed by atoms with Gasteiger partial charge in [0.05, 0.1) is 0 Å². The molecule has 0 spiro atoms. The Morgan fingerprint density at radius 1 is 1.25 bits per heavy atom. The van der Waals surface area contributed by atoms with Crippen LogP contribution in [0.1, 0.15) is 31.4 Å². The molecule has 0 heterocycles. The smallest absolute Gasteiger partial charge is 0.192 e. The Bertz CT molecular complexity index is 388. The minimum absolute atomic E-state index is 0.915. The molecule has 0 fully saturated rings. The lowest BCUT2D eigenvalue weighted by Crippen LogP contribution is -1.83. The molecule has 1 nitrogen and oxygen atoms in total. The van der Waals surface area contributed by atoms with Gasteiger partial charge in [-0.25, -0.2) is 0 Å². The Labute approximate surface area is 112 Å². The molecule has 0 amide bonds. The summed E-state index contributed by atoms with van der Waals surface area (Å²) in [6.07, 6.45) is 5.15. The summed E-state index contributed by atoms with van der Waals surface area (Å²) in [7, 11) is 0. The minimum atomic E-state index is 0.915. The fourth-order valence-corrected chi connectivity index (χ4v) is 1.58. The zero-order valence-electron chi connectivity index (χ0n) is 9.96. The number of aryl methyl sites for hydroxylation is 1. The molecular formula is C14H17IO. The molecule has 0 aliphatic carbocycles. The van der Waals surface area contributed by atoms with Crippen LogP contribution in [0.15, 0.2) is 42.2 Å². The largest absolute Gasteiger partial charge is 0.433 e. The van der Waals surface area contributed by atoms with Crippen molar-refractivity contribution in [2.45, 2.75) is 27.2 Å². The molecule has 16 heavy (non-hydrogen) atoms. The quantitative estimate of drug-likeness (QED) is 0.426. The van der Waals surface area contributed by atoms with Gasteiger partial charge >= 0.3 is 0 Å². The van der Waals surface area contributed by atoms with Crippen molar-refractivity contribution in [1.82, 2.24) is 0 Å². The minimum Gasteiger partial charge on any atom is -0.433 e. The van der Waals surface area contributed by atoms with E-state index in [0.29, 0.717) is 0 Å². The molecule has 0 saturated heterocycles. The molecule has 0 aliphatic rings. The summed E-state index contributed by atoms with van der Waals surface area (Å²) < 4.78 is 5.09. The first-order valence-electron chi connectivity index (χ1n) is 5.40. The summed E-state index contributed by atoms with van der Waals surface area (Å²) in [5, 5.41) is 0. The maximum Gasteiger partial charge on any atom is 0.192 e. The summed E-state index contributed by atoms with van der Waals surface area (Å²) >= 11 is 1.89. The second kappa shape index (κ2) is 6.74. The topological polar surface area (TPSA) is 9.23 Å². The van der Waals surface area contributed by atoms with E-state index in [1.54, 1.807) is 0 Å². The normalized spacial score (nSPS) is 12.8. The maximum atomic E-state index is 5.09. The van der Waals surface area contributed by atoms with E-state index >= 15 is 0 Å². The lowest BCUT2D eigenvalue weighted by atomic mass is 10.0. The van der Waals surface area contributed by atoms with Crippen molar-refractivity contribution in [2.75, 3.05) is 0 Å². The molecule has 2 heteroatoms. The van der Waals surface area contributed by atoms with E-state index in [1.165, 1.54) is 16.7 Å². The van der Waals surface area contributed by atoms with Crippen molar-refractivity contribution < 1.29 is 3.07 Å². The van der Waals surface area contributed by atoms with Crippen LogP contribution in [0.4, 0.5) is 0 Å². The van der Waals surface area contributed by atoms with Crippen LogP contribution >= 0.6 is 23.0 Å². The highest BCUT2D eigenvalue weighted by Crippen LogP contribution is 2.19. The first-order chi connectivity index (χ1) is 7.67. The molecule has 0 atom stereocenters. The van der Waals surface area contributed by atoms with Crippen molar-refractivity contribution in [1.29, 1.82) is 0 Å². The van der Waals surface area contributed by atoms with Crippen LogP contribution in [0, 0.1) is 6.92 Å². The third-order valence-electron chi connectivity index (χ3n) is 2.44. The van der Waals surface area contributed by atoms with Crippen LogP contribution in [0.25, 0.3) is 5.57 Å². The fourth-order valence-electron chi connectivity index (χ4n) is 1.43. The standard InChI is InChI=1S/C14H17IO/c1-4-13(10-7-12(3)16-15)14-8-5-11(2)6-9-14/h5-10H,4H2,1-3H3/b12-7+,13-10+. The summed E-state index contributed by atoms with van der Waals surface area (Å²) in [4.78, 5) is 0.